The van der Waals surface area contributed by atoms with Gasteiger partial charge in [-0.3, -0.25) is 4.90 Å². The molecule has 0 aromatic heterocycles. The van der Waals surface area contributed by atoms with Crippen LogP contribution in [0.25, 0.3) is 0 Å². The first-order valence-corrected chi connectivity index (χ1v) is 7.72. The first-order valence-electron chi connectivity index (χ1n) is 7.72. The van der Waals surface area contributed by atoms with E-state index in [2.05, 4.69) is 11.8 Å². The van der Waals surface area contributed by atoms with Gasteiger partial charge in [-0.05, 0) is 31.9 Å². The molecular weight excluding hydrogens is 268 g/mol. The number of likely N-dealkylation sites (tertiary alicyclic amines) is 1. The summed E-state index contributed by atoms with van der Waals surface area (Å²) in [6, 6.07) is 3.97. The van der Waals surface area contributed by atoms with Crippen molar-refractivity contribution in [2.75, 3.05) is 32.2 Å². The number of nitrogen functional groups attached to an aromatic ring is 1. The Morgan fingerprint density at radius 2 is 2.14 bits per heavy atom. The van der Waals surface area contributed by atoms with Gasteiger partial charge in [0.05, 0.1) is 12.7 Å². The first-order chi connectivity index (χ1) is 10.3. The average molecular weight is 292 g/mol. The minimum absolute atomic E-state index is 0.330. The summed E-state index contributed by atoms with van der Waals surface area (Å²) >= 11 is 0. The van der Waals surface area contributed by atoms with E-state index >= 15 is 0 Å². The molecule has 116 valence electrons. The van der Waals surface area contributed by atoms with Gasteiger partial charge >= 0.3 is 0 Å². The largest absolute Gasteiger partial charge is 0.467 e. The Bertz CT molecular complexity index is 485. The molecule has 0 bridgehead atoms. The maximum atomic E-state index is 6.00. The zero-order valence-electron chi connectivity index (χ0n) is 12.6. The van der Waals surface area contributed by atoms with Crippen molar-refractivity contribution in [3.63, 3.8) is 0 Å². The summed E-state index contributed by atoms with van der Waals surface area (Å²) in [5.41, 5.74) is 9.01. The SMILES string of the molecule is CCOC1CCN(Cc2cc(N)cc3c2OCOC3)CC1. The molecule has 1 fully saturated rings. The van der Waals surface area contributed by atoms with Crippen LogP contribution in [0.15, 0.2) is 12.1 Å². The summed E-state index contributed by atoms with van der Waals surface area (Å²) in [5, 5.41) is 0. The summed E-state index contributed by atoms with van der Waals surface area (Å²) in [5.74, 6) is 0.961. The number of nitrogens with two attached hydrogens (primary N) is 1. The fourth-order valence-corrected chi connectivity index (χ4v) is 3.15. The van der Waals surface area contributed by atoms with Gasteiger partial charge in [0.1, 0.15) is 5.75 Å². The van der Waals surface area contributed by atoms with Gasteiger partial charge in [-0.2, -0.15) is 0 Å². The second-order valence-corrected chi connectivity index (χ2v) is 5.71. The van der Waals surface area contributed by atoms with Crippen LogP contribution in [0, 0.1) is 0 Å². The van der Waals surface area contributed by atoms with Gasteiger partial charge in [0.25, 0.3) is 0 Å². The number of piperidine rings is 1. The highest BCUT2D eigenvalue weighted by atomic mass is 16.7. The zero-order chi connectivity index (χ0) is 14.7. The minimum atomic E-state index is 0.330. The summed E-state index contributed by atoms with van der Waals surface area (Å²) in [6.45, 7) is 6.78. The molecule has 1 saturated heterocycles. The molecule has 0 saturated carbocycles. The maximum absolute atomic E-state index is 6.00. The summed E-state index contributed by atoms with van der Waals surface area (Å²) in [6.07, 6.45) is 2.62. The third kappa shape index (κ3) is 3.48. The third-order valence-corrected chi connectivity index (χ3v) is 4.14. The van der Waals surface area contributed by atoms with Crippen LogP contribution in [-0.4, -0.2) is 37.5 Å². The number of anilines is 1. The number of rotatable bonds is 4. The molecule has 0 radical (unpaired) electrons. The minimum Gasteiger partial charge on any atom is -0.467 e. The van der Waals surface area contributed by atoms with E-state index in [0.29, 0.717) is 19.5 Å². The molecule has 5 heteroatoms. The Kier molecular flexibility index (Phi) is 4.63. The molecule has 0 spiro atoms. The molecule has 0 amide bonds. The molecule has 3 rings (SSSR count). The molecule has 0 unspecified atom stereocenters. The lowest BCUT2D eigenvalue weighted by Gasteiger charge is -2.32. The van der Waals surface area contributed by atoms with Crippen LogP contribution in [0.5, 0.6) is 5.75 Å². The lowest BCUT2D eigenvalue weighted by Crippen LogP contribution is -2.36. The zero-order valence-corrected chi connectivity index (χ0v) is 12.6. The second kappa shape index (κ2) is 6.64. The fraction of sp³-hybridized carbons (Fsp3) is 0.625. The van der Waals surface area contributed by atoms with E-state index < -0.39 is 0 Å². The van der Waals surface area contributed by atoms with Crippen molar-refractivity contribution < 1.29 is 14.2 Å². The van der Waals surface area contributed by atoms with Crippen molar-refractivity contribution in [1.29, 1.82) is 0 Å². The average Bonchev–Trinajstić information content (AvgIpc) is 2.49. The number of fused-ring (bicyclic) bond motifs is 1. The highest BCUT2D eigenvalue weighted by molar-refractivity contribution is 5.53. The molecule has 2 aliphatic heterocycles. The van der Waals surface area contributed by atoms with Crippen LogP contribution in [0.4, 0.5) is 5.69 Å². The summed E-state index contributed by atoms with van der Waals surface area (Å²) in [7, 11) is 0. The van der Waals surface area contributed by atoms with Crippen LogP contribution < -0.4 is 10.5 Å². The van der Waals surface area contributed by atoms with E-state index in [4.69, 9.17) is 19.9 Å². The lowest BCUT2D eigenvalue weighted by molar-refractivity contribution is -0.0181. The van der Waals surface area contributed by atoms with Gasteiger partial charge in [-0.1, -0.05) is 0 Å². The van der Waals surface area contributed by atoms with E-state index in [9.17, 15) is 0 Å². The highest BCUT2D eigenvalue weighted by Crippen LogP contribution is 2.32. The first kappa shape index (κ1) is 14.6. The van der Waals surface area contributed by atoms with Crippen LogP contribution in [0.3, 0.4) is 0 Å². The van der Waals surface area contributed by atoms with Gasteiger partial charge in [0.2, 0.25) is 0 Å². The van der Waals surface area contributed by atoms with Crippen molar-refractivity contribution in [3.05, 3.63) is 23.3 Å². The lowest BCUT2D eigenvalue weighted by atomic mass is 10.0. The predicted molar refractivity (Wildman–Crippen MR) is 81.1 cm³/mol. The van der Waals surface area contributed by atoms with Crippen LogP contribution in [-0.2, 0) is 22.6 Å². The number of hydrogen-bond donors (Lipinski definition) is 1. The molecule has 0 atom stereocenters. The van der Waals surface area contributed by atoms with Crippen molar-refractivity contribution >= 4 is 5.69 Å². The Morgan fingerprint density at radius 3 is 2.90 bits per heavy atom. The van der Waals surface area contributed by atoms with E-state index in [-0.39, 0.29) is 0 Å². The van der Waals surface area contributed by atoms with Crippen LogP contribution in [0.2, 0.25) is 0 Å². The molecular formula is C16H24N2O3. The normalized spacial score (nSPS) is 20.0. The highest BCUT2D eigenvalue weighted by Gasteiger charge is 2.22. The Morgan fingerprint density at radius 1 is 1.33 bits per heavy atom. The quantitative estimate of drug-likeness (QED) is 0.862. The number of ether oxygens (including phenoxy) is 3. The molecule has 2 heterocycles. The monoisotopic (exact) mass is 292 g/mol. The van der Waals surface area contributed by atoms with Gasteiger partial charge in [0, 0.05) is 43.1 Å². The molecule has 2 aliphatic rings. The molecule has 1 aromatic rings. The fourth-order valence-electron chi connectivity index (χ4n) is 3.15. The Labute approximate surface area is 126 Å². The molecule has 0 aliphatic carbocycles. The van der Waals surface area contributed by atoms with Gasteiger partial charge < -0.3 is 19.9 Å². The summed E-state index contributed by atoms with van der Waals surface area (Å²) in [4.78, 5) is 2.45. The number of nitrogens with zero attached hydrogens (tertiary/aromatic N) is 1. The van der Waals surface area contributed by atoms with Crippen molar-refractivity contribution in [2.45, 2.75) is 39.0 Å². The smallest absolute Gasteiger partial charge is 0.189 e. The Hall–Kier alpha value is -1.30. The van der Waals surface area contributed by atoms with E-state index in [1.165, 1.54) is 5.56 Å². The number of benzene rings is 1. The van der Waals surface area contributed by atoms with Crippen molar-refractivity contribution in [1.82, 2.24) is 4.90 Å². The molecule has 2 N–H and O–H groups in total. The van der Waals surface area contributed by atoms with Gasteiger partial charge in [-0.25, -0.2) is 0 Å². The predicted octanol–water partition coefficient (Wildman–Crippen LogP) is 2.14. The van der Waals surface area contributed by atoms with E-state index in [0.717, 1.165) is 56.1 Å². The van der Waals surface area contributed by atoms with Crippen LogP contribution >= 0.6 is 0 Å². The third-order valence-electron chi connectivity index (χ3n) is 4.14. The van der Waals surface area contributed by atoms with Gasteiger partial charge in [0.15, 0.2) is 6.79 Å². The number of hydrogen-bond acceptors (Lipinski definition) is 5. The summed E-state index contributed by atoms with van der Waals surface area (Å²) < 4.78 is 16.7. The Balaban J connectivity index is 1.67. The van der Waals surface area contributed by atoms with Crippen molar-refractivity contribution in [2.24, 2.45) is 0 Å². The van der Waals surface area contributed by atoms with Crippen LogP contribution in [0.1, 0.15) is 30.9 Å². The second-order valence-electron chi connectivity index (χ2n) is 5.71. The van der Waals surface area contributed by atoms with E-state index in [1.807, 2.05) is 12.1 Å². The molecule has 1 aromatic carbocycles. The van der Waals surface area contributed by atoms with Gasteiger partial charge in [-0.15, -0.1) is 0 Å². The standard InChI is InChI=1S/C16H24N2O3/c1-2-20-15-3-5-18(6-4-15)9-12-7-14(17)8-13-10-19-11-21-16(12)13/h7-8,15H,2-6,9-11,17H2,1H3. The van der Waals surface area contributed by atoms with E-state index in [1.54, 1.807) is 0 Å². The molecule has 21 heavy (non-hydrogen) atoms. The van der Waals surface area contributed by atoms with Crippen molar-refractivity contribution in [3.8, 4) is 5.75 Å². The molecule has 5 nitrogen and oxygen atoms in total. The topological polar surface area (TPSA) is 57.0 Å². The maximum Gasteiger partial charge on any atom is 0.189 e.